The van der Waals surface area contributed by atoms with Gasteiger partial charge in [-0.05, 0) is 37.5 Å². The summed E-state index contributed by atoms with van der Waals surface area (Å²) >= 11 is 7.95. The third-order valence-corrected chi connectivity index (χ3v) is 4.59. The maximum absolute atomic E-state index is 6.26. The lowest BCUT2D eigenvalue weighted by Crippen LogP contribution is -2.26. The van der Waals surface area contributed by atoms with Crippen molar-refractivity contribution in [2.45, 2.75) is 44.4 Å². The first-order chi connectivity index (χ1) is 7.29. The molecule has 15 heavy (non-hydrogen) atoms. The Kier molecular flexibility index (Phi) is 4.04. The summed E-state index contributed by atoms with van der Waals surface area (Å²) in [7, 11) is 0. The summed E-state index contributed by atoms with van der Waals surface area (Å²) in [6.45, 7) is 2.30. The van der Waals surface area contributed by atoms with Gasteiger partial charge in [-0.3, -0.25) is 0 Å². The summed E-state index contributed by atoms with van der Waals surface area (Å²) < 4.78 is 0. The minimum absolute atomic E-state index is 0.399. The minimum atomic E-state index is 0.399. The summed E-state index contributed by atoms with van der Waals surface area (Å²) in [5.41, 5.74) is 3.19. The SMILES string of the molecule is CCC1CCC(Cl)CC1Cc1cscn1. The number of alkyl halides is 1. The van der Waals surface area contributed by atoms with Gasteiger partial charge < -0.3 is 0 Å². The molecule has 3 heteroatoms. The van der Waals surface area contributed by atoms with E-state index in [-0.39, 0.29) is 0 Å². The van der Waals surface area contributed by atoms with Crippen LogP contribution in [0.25, 0.3) is 0 Å². The Balaban J connectivity index is 1.98. The van der Waals surface area contributed by atoms with Crippen LogP contribution in [0.2, 0.25) is 0 Å². The lowest BCUT2D eigenvalue weighted by atomic mass is 9.75. The molecule has 1 heterocycles. The van der Waals surface area contributed by atoms with Crippen LogP contribution >= 0.6 is 22.9 Å². The molecule has 3 atom stereocenters. The summed E-state index contributed by atoms with van der Waals surface area (Å²) in [4.78, 5) is 4.38. The Labute approximate surface area is 101 Å². The fraction of sp³-hybridized carbons (Fsp3) is 0.750. The number of aromatic nitrogens is 1. The number of rotatable bonds is 3. The zero-order chi connectivity index (χ0) is 10.7. The lowest BCUT2D eigenvalue weighted by molar-refractivity contribution is 0.231. The molecule has 3 unspecified atom stereocenters. The molecule has 1 nitrogen and oxygen atoms in total. The van der Waals surface area contributed by atoms with Gasteiger partial charge in [0.05, 0.1) is 11.2 Å². The zero-order valence-corrected chi connectivity index (χ0v) is 10.7. The number of hydrogen-bond acceptors (Lipinski definition) is 2. The van der Waals surface area contributed by atoms with Gasteiger partial charge in [0.15, 0.2) is 0 Å². The van der Waals surface area contributed by atoms with E-state index in [9.17, 15) is 0 Å². The molecule has 1 aliphatic carbocycles. The second-order valence-electron chi connectivity index (χ2n) is 4.52. The van der Waals surface area contributed by atoms with Crippen LogP contribution in [-0.2, 0) is 6.42 Å². The summed E-state index contributed by atoms with van der Waals surface area (Å²) in [5, 5.41) is 2.57. The lowest BCUT2D eigenvalue weighted by Gasteiger charge is -2.33. The van der Waals surface area contributed by atoms with Gasteiger partial charge in [-0.15, -0.1) is 22.9 Å². The molecular formula is C12H18ClNS. The smallest absolute Gasteiger partial charge is 0.0794 e. The van der Waals surface area contributed by atoms with Crippen molar-refractivity contribution in [3.63, 3.8) is 0 Å². The van der Waals surface area contributed by atoms with Gasteiger partial charge in [-0.1, -0.05) is 13.3 Å². The first-order valence-corrected chi connectivity index (χ1v) is 7.18. The van der Waals surface area contributed by atoms with Gasteiger partial charge in [0.25, 0.3) is 0 Å². The highest BCUT2D eigenvalue weighted by atomic mass is 35.5. The van der Waals surface area contributed by atoms with E-state index in [1.165, 1.54) is 31.4 Å². The molecule has 1 saturated carbocycles. The van der Waals surface area contributed by atoms with Crippen LogP contribution in [0.5, 0.6) is 0 Å². The van der Waals surface area contributed by atoms with Crippen LogP contribution < -0.4 is 0 Å². The van der Waals surface area contributed by atoms with E-state index in [4.69, 9.17) is 11.6 Å². The highest BCUT2D eigenvalue weighted by molar-refractivity contribution is 7.07. The number of nitrogens with zero attached hydrogens (tertiary/aromatic N) is 1. The number of hydrogen-bond donors (Lipinski definition) is 0. The Hall–Kier alpha value is -0.0800. The fourth-order valence-corrected chi connectivity index (χ4v) is 3.59. The first-order valence-electron chi connectivity index (χ1n) is 5.80. The number of halogens is 1. The Morgan fingerprint density at radius 3 is 3.00 bits per heavy atom. The Morgan fingerprint density at radius 1 is 1.47 bits per heavy atom. The molecule has 1 fully saturated rings. The monoisotopic (exact) mass is 243 g/mol. The van der Waals surface area contributed by atoms with E-state index in [1.54, 1.807) is 11.3 Å². The van der Waals surface area contributed by atoms with E-state index in [0.29, 0.717) is 5.38 Å². The average molecular weight is 244 g/mol. The second kappa shape index (κ2) is 5.31. The van der Waals surface area contributed by atoms with E-state index in [0.717, 1.165) is 18.3 Å². The topological polar surface area (TPSA) is 12.9 Å². The quantitative estimate of drug-likeness (QED) is 0.728. The normalized spacial score (nSPS) is 31.7. The van der Waals surface area contributed by atoms with Crippen LogP contribution in [0, 0.1) is 11.8 Å². The largest absolute Gasteiger partial charge is 0.250 e. The molecule has 0 aliphatic heterocycles. The Bertz CT molecular complexity index is 286. The van der Waals surface area contributed by atoms with Gasteiger partial charge in [0.1, 0.15) is 0 Å². The van der Waals surface area contributed by atoms with Crippen molar-refractivity contribution in [2.75, 3.05) is 0 Å². The van der Waals surface area contributed by atoms with Gasteiger partial charge in [0, 0.05) is 10.8 Å². The third-order valence-electron chi connectivity index (χ3n) is 3.56. The average Bonchev–Trinajstić information content (AvgIpc) is 2.71. The molecule has 2 rings (SSSR count). The van der Waals surface area contributed by atoms with Crippen molar-refractivity contribution in [2.24, 2.45) is 11.8 Å². The van der Waals surface area contributed by atoms with Crippen molar-refractivity contribution in [1.29, 1.82) is 0 Å². The standard InChI is InChI=1S/C12H18ClNS/c1-2-9-3-4-11(13)5-10(9)6-12-7-15-8-14-12/h7-11H,2-6H2,1H3. The summed E-state index contributed by atoms with van der Waals surface area (Å²) in [5.74, 6) is 1.62. The highest BCUT2D eigenvalue weighted by Crippen LogP contribution is 2.36. The van der Waals surface area contributed by atoms with Crippen LogP contribution in [0.4, 0.5) is 0 Å². The van der Waals surface area contributed by atoms with Crippen molar-refractivity contribution < 1.29 is 0 Å². The van der Waals surface area contributed by atoms with E-state index >= 15 is 0 Å². The van der Waals surface area contributed by atoms with Crippen LogP contribution in [0.15, 0.2) is 10.9 Å². The summed E-state index contributed by atoms with van der Waals surface area (Å²) in [6.07, 6.45) is 6.11. The van der Waals surface area contributed by atoms with Crippen molar-refractivity contribution in [1.82, 2.24) is 4.98 Å². The van der Waals surface area contributed by atoms with Crippen molar-refractivity contribution in [3.05, 3.63) is 16.6 Å². The van der Waals surface area contributed by atoms with E-state index in [1.807, 2.05) is 5.51 Å². The van der Waals surface area contributed by atoms with Gasteiger partial charge in [0.2, 0.25) is 0 Å². The van der Waals surface area contributed by atoms with Gasteiger partial charge in [-0.25, -0.2) is 4.98 Å². The minimum Gasteiger partial charge on any atom is -0.250 e. The van der Waals surface area contributed by atoms with Crippen molar-refractivity contribution in [3.8, 4) is 0 Å². The van der Waals surface area contributed by atoms with Gasteiger partial charge >= 0.3 is 0 Å². The van der Waals surface area contributed by atoms with Gasteiger partial charge in [-0.2, -0.15) is 0 Å². The maximum atomic E-state index is 6.26. The first kappa shape index (κ1) is 11.4. The molecule has 0 bridgehead atoms. The molecule has 0 amide bonds. The van der Waals surface area contributed by atoms with E-state index in [2.05, 4.69) is 17.3 Å². The molecule has 0 aromatic carbocycles. The molecular weight excluding hydrogens is 226 g/mol. The second-order valence-corrected chi connectivity index (χ2v) is 5.86. The summed E-state index contributed by atoms with van der Waals surface area (Å²) in [6, 6.07) is 0. The predicted molar refractivity (Wildman–Crippen MR) is 66.6 cm³/mol. The molecule has 0 saturated heterocycles. The van der Waals surface area contributed by atoms with E-state index < -0.39 is 0 Å². The third kappa shape index (κ3) is 2.94. The number of thiazole rings is 1. The van der Waals surface area contributed by atoms with Crippen LogP contribution in [-0.4, -0.2) is 10.4 Å². The molecule has 84 valence electrons. The zero-order valence-electron chi connectivity index (χ0n) is 9.16. The highest BCUT2D eigenvalue weighted by Gasteiger charge is 2.28. The Morgan fingerprint density at radius 2 is 2.33 bits per heavy atom. The molecule has 0 radical (unpaired) electrons. The molecule has 0 spiro atoms. The molecule has 1 aromatic heterocycles. The fourth-order valence-electron chi connectivity index (χ4n) is 2.66. The van der Waals surface area contributed by atoms with Crippen LogP contribution in [0.3, 0.4) is 0 Å². The predicted octanol–water partition coefficient (Wildman–Crippen LogP) is 4.12. The molecule has 1 aromatic rings. The molecule has 0 N–H and O–H groups in total. The van der Waals surface area contributed by atoms with Crippen LogP contribution in [0.1, 0.15) is 38.3 Å². The maximum Gasteiger partial charge on any atom is 0.0794 e. The molecule has 1 aliphatic rings. The van der Waals surface area contributed by atoms with Crippen molar-refractivity contribution >= 4 is 22.9 Å².